The predicted molar refractivity (Wildman–Crippen MR) is 133 cm³/mol. The van der Waals surface area contributed by atoms with Gasteiger partial charge in [-0.2, -0.15) is 4.31 Å². The molecule has 0 radical (unpaired) electrons. The second-order valence-electron chi connectivity index (χ2n) is 8.29. The fraction of sp³-hybridized carbons (Fsp3) is 0.231. The highest BCUT2D eigenvalue weighted by molar-refractivity contribution is 7.89. The third kappa shape index (κ3) is 4.10. The molecule has 34 heavy (non-hydrogen) atoms. The molecular weight excluding hydrogens is 450 g/mol. The normalized spacial score (nSPS) is 12.8. The molecule has 0 spiro atoms. The van der Waals surface area contributed by atoms with E-state index in [0.29, 0.717) is 28.2 Å². The van der Waals surface area contributed by atoms with Crippen LogP contribution in [-0.2, 0) is 10.0 Å². The lowest BCUT2D eigenvalue weighted by molar-refractivity contribution is 0.378. The van der Waals surface area contributed by atoms with Crippen LogP contribution in [-0.4, -0.2) is 36.4 Å². The maximum Gasteiger partial charge on any atom is 0.266 e. The van der Waals surface area contributed by atoms with Gasteiger partial charge in [0.1, 0.15) is 11.6 Å². The topological polar surface area (TPSA) is 81.5 Å². The molecule has 1 aromatic heterocycles. The van der Waals surface area contributed by atoms with Gasteiger partial charge in [0.2, 0.25) is 10.0 Å². The van der Waals surface area contributed by atoms with Crippen molar-refractivity contribution in [3.63, 3.8) is 0 Å². The lowest BCUT2D eigenvalue weighted by Crippen LogP contribution is -2.35. The van der Waals surface area contributed by atoms with Gasteiger partial charge in [0, 0.05) is 7.05 Å². The molecule has 3 aromatic carbocycles. The van der Waals surface area contributed by atoms with E-state index in [-0.39, 0.29) is 10.5 Å². The van der Waals surface area contributed by atoms with Gasteiger partial charge in [-0.25, -0.2) is 13.4 Å². The molecule has 7 nitrogen and oxygen atoms in total. The Hall–Kier alpha value is -3.49. The highest BCUT2D eigenvalue weighted by atomic mass is 32.2. The molecule has 0 aliphatic rings. The Morgan fingerprint density at radius 1 is 1.00 bits per heavy atom. The summed E-state index contributed by atoms with van der Waals surface area (Å²) in [6, 6.07) is 18.4. The van der Waals surface area contributed by atoms with Crippen LogP contribution in [0.5, 0.6) is 5.75 Å². The van der Waals surface area contributed by atoms with Crippen molar-refractivity contribution in [3.8, 4) is 11.4 Å². The van der Waals surface area contributed by atoms with E-state index in [9.17, 15) is 13.2 Å². The Labute approximate surface area is 199 Å². The summed E-state index contributed by atoms with van der Waals surface area (Å²) in [4.78, 5) is 18.6. The molecule has 1 heterocycles. The SMILES string of the molecule is COc1ccc(S(=O)(=O)N(C)C(C)c2nc3ccccc3c(=O)n2-c2cc(C)ccc2C)cc1. The first-order valence-corrected chi connectivity index (χ1v) is 12.3. The number of fused-ring (bicyclic) bond motifs is 1. The number of benzene rings is 3. The van der Waals surface area contributed by atoms with Crippen molar-refractivity contribution in [2.75, 3.05) is 14.2 Å². The Bertz CT molecular complexity index is 1530. The number of hydrogen-bond acceptors (Lipinski definition) is 5. The molecule has 4 aromatic rings. The van der Waals surface area contributed by atoms with Crippen LogP contribution in [0.4, 0.5) is 0 Å². The third-order valence-corrected chi connectivity index (χ3v) is 8.01. The molecule has 4 rings (SSSR count). The van der Waals surface area contributed by atoms with Crippen LogP contribution >= 0.6 is 0 Å². The van der Waals surface area contributed by atoms with Gasteiger partial charge in [0.25, 0.3) is 5.56 Å². The first-order valence-electron chi connectivity index (χ1n) is 10.9. The summed E-state index contributed by atoms with van der Waals surface area (Å²) in [6.45, 7) is 5.60. The number of ether oxygens (including phenoxy) is 1. The van der Waals surface area contributed by atoms with Gasteiger partial charge in [-0.05, 0) is 74.4 Å². The number of aromatic nitrogens is 2. The van der Waals surface area contributed by atoms with E-state index in [2.05, 4.69) is 0 Å². The van der Waals surface area contributed by atoms with Crippen molar-refractivity contribution >= 4 is 20.9 Å². The number of sulfonamides is 1. The molecular formula is C26H27N3O4S. The van der Waals surface area contributed by atoms with Gasteiger partial charge in [-0.1, -0.05) is 24.3 Å². The van der Waals surface area contributed by atoms with Gasteiger partial charge in [-0.15, -0.1) is 0 Å². The molecule has 0 aliphatic carbocycles. The van der Waals surface area contributed by atoms with E-state index in [0.717, 1.165) is 11.1 Å². The van der Waals surface area contributed by atoms with Gasteiger partial charge in [0.15, 0.2) is 0 Å². The largest absolute Gasteiger partial charge is 0.497 e. The zero-order valence-corrected chi connectivity index (χ0v) is 20.6. The Morgan fingerprint density at radius 3 is 2.35 bits per heavy atom. The van der Waals surface area contributed by atoms with Crippen molar-refractivity contribution in [1.82, 2.24) is 13.9 Å². The Balaban J connectivity index is 1.92. The second kappa shape index (κ2) is 9.04. The van der Waals surface area contributed by atoms with E-state index in [1.807, 2.05) is 38.1 Å². The minimum atomic E-state index is -3.87. The second-order valence-corrected chi connectivity index (χ2v) is 10.3. The molecule has 8 heteroatoms. The molecule has 0 aliphatic heterocycles. The van der Waals surface area contributed by atoms with E-state index in [1.165, 1.54) is 35.2 Å². The van der Waals surface area contributed by atoms with E-state index in [1.54, 1.807) is 37.3 Å². The number of rotatable bonds is 6. The summed E-state index contributed by atoms with van der Waals surface area (Å²) in [5, 5.41) is 0.472. The molecule has 0 bridgehead atoms. The lowest BCUT2D eigenvalue weighted by Gasteiger charge is -2.27. The van der Waals surface area contributed by atoms with E-state index >= 15 is 0 Å². The van der Waals surface area contributed by atoms with E-state index in [4.69, 9.17) is 9.72 Å². The van der Waals surface area contributed by atoms with Crippen LogP contribution in [0.15, 0.2) is 76.4 Å². The Morgan fingerprint density at radius 2 is 1.68 bits per heavy atom. The molecule has 0 amide bonds. The van der Waals surface area contributed by atoms with E-state index < -0.39 is 16.1 Å². The number of aryl methyl sites for hydroxylation is 2. The van der Waals surface area contributed by atoms with Crippen LogP contribution in [0.3, 0.4) is 0 Å². The molecule has 0 N–H and O–H groups in total. The van der Waals surface area contributed by atoms with Crippen molar-refractivity contribution in [3.05, 3.63) is 94.0 Å². The van der Waals surface area contributed by atoms with Gasteiger partial charge < -0.3 is 4.74 Å². The summed E-state index contributed by atoms with van der Waals surface area (Å²) in [7, 11) is -0.850. The van der Waals surface area contributed by atoms with Crippen LogP contribution in [0.2, 0.25) is 0 Å². The number of nitrogens with zero attached hydrogens (tertiary/aromatic N) is 3. The highest BCUT2D eigenvalue weighted by Gasteiger charge is 2.30. The first kappa shape index (κ1) is 23.7. The maximum atomic E-state index is 13.7. The summed E-state index contributed by atoms with van der Waals surface area (Å²) in [6.07, 6.45) is 0. The molecule has 0 fully saturated rings. The Kier molecular flexibility index (Phi) is 6.29. The monoisotopic (exact) mass is 477 g/mol. The lowest BCUT2D eigenvalue weighted by atomic mass is 10.1. The number of para-hydroxylation sites is 1. The van der Waals surface area contributed by atoms with Crippen molar-refractivity contribution in [1.29, 1.82) is 0 Å². The predicted octanol–water partition coefficient (Wildman–Crippen LogP) is 4.39. The summed E-state index contributed by atoms with van der Waals surface area (Å²) >= 11 is 0. The minimum absolute atomic E-state index is 0.129. The highest BCUT2D eigenvalue weighted by Crippen LogP contribution is 2.28. The van der Waals surface area contributed by atoms with Crippen LogP contribution < -0.4 is 10.3 Å². The fourth-order valence-electron chi connectivity index (χ4n) is 3.91. The average Bonchev–Trinajstić information content (AvgIpc) is 2.84. The van der Waals surface area contributed by atoms with Gasteiger partial charge in [-0.3, -0.25) is 9.36 Å². The summed E-state index contributed by atoms with van der Waals surface area (Å²) < 4.78 is 34.8. The van der Waals surface area contributed by atoms with Crippen LogP contribution in [0, 0.1) is 13.8 Å². The first-order chi connectivity index (χ1) is 16.1. The molecule has 0 saturated heterocycles. The van der Waals surface area contributed by atoms with Crippen molar-refractivity contribution in [2.24, 2.45) is 0 Å². The zero-order valence-electron chi connectivity index (χ0n) is 19.8. The van der Waals surface area contributed by atoms with Gasteiger partial charge >= 0.3 is 0 Å². The maximum absolute atomic E-state index is 13.7. The smallest absolute Gasteiger partial charge is 0.266 e. The molecule has 1 unspecified atom stereocenters. The third-order valence-electron chi connectivity index (χ3n) is 6.06. The minimum Gasteiger partial charge on any atom is -0.497 e. The van der Waals surface area contributed by atoms with Crippen molar-refractivity contribution < 1.29 is 13.2 Å². The van der Waals surface area contributed by atoms with Gasteiger partial charge in [0.05, 0.1) is 34.6 Å². The van der Waals surface area contributed by atoms with Crippen molar-refractivity contribution in [2.45, 2.75) is 31.7 Å². The summed E-state index contributed by atoms with van der Waals surface area (Å²) in [5.74, 6) is 0.909. The summed E-state index contributed by atoms with van der Waals surface area (Å²) in [5.41, 5.74) is 2.83. The molecule has 0 saturated carbocycles. The zero-order chi connectivity index (χ0) is 24.6. The standard InChI is InChI=1S/C26H27N3O4S/c1-17-10-11-18(2)24(16-17)29-25(27-23-9-7-6-8-22(23)26(29)30)19(3)28(4)34(31,32)21-14-12-20(33-5)13-15-21/h6-16,19H,1-5H3. The quantitative estimate of drug-likeness (QED) is 0.411. The van der Waals surface area contributed by atoms with Crippen LogP contribution in [0.25, 0.3) is 16.6 Å². The fourth-order valence-corrected chi connectivity index (χ4v) is 5.23. The molecule has 176 valence electrons. The van der Waals surface area contributed by atoms with Crippen LogP contribution in [0.1, 0.15) is 29.9 Å². The average molecular weight is 478 g/mol. The number of hydrogen-bond donors (Lipinski definition) is 0. The number of methoxy groups -OCH3 is 1. The molecule has 1 atom stereocenters.